The third kappa shape index (κ3) is 4.36. The molecule has 3 aromatic rings. The zero-order valence-corrected chi connectivity index (χ0v) is 13.6. The molecule has 0 saturated heterocycles. The van der Waals surface area contributed by atoms with E-state index in [2.05, 4.69) is 15.6 Å². The van der Waals surface area contributed by atoms with Gasteiger partial charge in [-0.1, -0.05) is 23.7 Å². The summed E-state index contributed by atoms with van der Waals surface area (Å²) in [5.74, 6) is 0.446. The molecule has 0 saturated carbocycles. The van der Waals surface area contributed by atoms with Crippen LogP contribution in [0.5, 0.6) is 0 Å². The van der Waals surface area contributed by atoms with Gasteiger partial charge in [0.25, 0.3) is 5.91 Å². The van der Waals surface area contributed by atoms with E-state index in [1.807, 2.05) is 30.3 Å². The second-order valence-electron chi connectivity index (χ2n) is 5.17. The Hall–Kier alpha value is -2.79. The van der Waals surface area contributed by atoms with Gasteiger partial charge in [-0.25, -0.2) is 0 Å². The van der Waals surface area contributed by atoms with E-state index in [0.717, 1.165) is 11.3 Å². The number of hydrogen-bond donors (Lipinski definition) is 2. The number of nitrogens with one attached hydrogen (secondary N) is 2. The molecule has 2 aromatic heterocycles. The lowest BCUT2D eigenvalue weighted by molar-refractivity contribution is 0.0943. The number of nitrogens with zero attached hydrogens (tertiary/aromatic N) is 1. The van der Waals surface area contributed by atoms with Crippen molar-refractivity contribution >= 4 is 23.2 Å². The van der Waals surface area contributed by atoms with Gasteiger partial charge < -0.3 is 15.1 Å². The lowest BCUT2D eigenvalue weighted by Gasteiger charge is -2.08. The molecular weight excluding hydrogens is 326 g/mol. The zero-order chi connectivity index (χ0) is 16.8. The van der Waals surface area contributed by atoms with Gasteiger partial charge in [-0.05, 0) is 42.0 Å². The average Bonchev–Trinajstić information content (AvgIpc) is 3.13. The van der Waals surface area contributed by atoms with Gasteiger partial charge in [-0.15, -0.1) is 0 Å². The summed E-state index contributed by atoms with van der Waals surface area (Å²) in [6.07, 6.45) is 3.17. The minimum Gasteiger partial charge on any atom is -0.467 e. The normalized spacial score (nSPS) is 10.4. The number of halogens is 1. The maximum Gasteiger partial charge on any atom is 0.270 e. The van der Waals surface area contributed by atoms with Crippen molar-refractivity contribution in [1.82, 2.24) is 10.3 Å². The quantitative estimate of drug-likeness (QED) is 0.714. The molecule has 0 fully saturated rings. The molecule has 5 nitrogen and oxygen atoms in total. The molecule has 2 N–H and O–H groups in total. The number of rotatable bonds is 6. The maximum atomic E-state index is 12.1. The Morgan fingerprint density at radius 3 is 2.71 bits per heavy atom. The highest BCUT2D eigenvalue weighted by molar-refractivity contribution is 6.30. The first-order valence-electron chi connectivity index (χ1n) is 7.46. The van der Waals surface area contributed by atoms with Crippen LogP contribution in [0.15, 0.2) is 65.4 Å². The lowest BCUT2D eigenvalue weighted by Crippen LogP contribution is -2.23. The van der Waals surface area contributed by atoms with Crippen molar-refractivity contribution in [2.45, 2.75) is 13.1 Å². The van der Waals surface area contributed by atoms with Gasteiger partial charge >= 0.3 is 0 Å². The largest absolute Gasteiger partial charge is 0.467 e. The summed E-state index contributed by atoms with van der Waals surface area (Å²) in [6, 6.07) is 14.7. The van der Waals surface area contributed by atoms with E-state index in [-0.39, 0.29) is 5.91 Å². The summed E-state index contributed by atoms with van der Waals surface area (Å²) in [5.41, 5.74) is 2.27. The highest BCUT2D eigenvalue weighted by atomic mass is 35.5. The second-order valence-corrected chi connectivity index (χ2v) is 5.61. The van der Waals surface area contributed by atoms with Crippen molar-refractivity contribution in [3.63, 3.8) is 0 Å². The fraction of sp³-hybridized carbons (Fsp3) is 0.111. The smallest absolute Gasteiger partial charge is 0.270 e. The van der Waals surface area contributed by atoms with E-state index in [4.69, 9.17) is 16.0 Å². The van der Waals surface area contributed by atoms with Gasteiger partial charge in [0.2, 0.25) is 0 Å². The SMILES string of the molecule is O=C(NCc1ccco1)c1cc(NCc2ccc(Cl)cc2)ccn1. The Kier molecular flexibility index (Phi) is 5.13. The molecule has 24 heavy (non-hydrogen) atoms. The Morgan fingerprint density at radius 1 is 1.12 bits per heavy atom. The van der Waals surface area contributed by atoms with Gasteiger partial charge in [0.15, 0.2) is 0 Å². The molecule has 3 rings (SSSR count). The van der Waals surface area contributed by atoms with Crippen LogP contribution in [0.4, 0.5) is 5.69 Å². The van der Waals surface area contributed by atoms with Crippen LogP contribution in [0.1, 0.15) is 21.8 Å². The Labute approximate surface area is 144 Å². The summed E-state index contributed by atoms with van der Waals surface area (Å²) < 4.78 is 5.18. The third-order valence-electron chi connectivity index (χ3n) is 3.41. The van der Waals surface area contributed by atoms with Crippen LogP contribution in [-0.4, -0.2) is 10.9 Å². The molecule has 0 spiro atoms. The van der Waals surface area contributed by atoms with Gasteiger partial charge in [0, 0.05) is 23.5 Å². The van der Waals surface area contributed by atoms with Gasteiger partial charge in [0.1, 0.15) is 11.5 Å². The first kappa shape index (κ1) is 16.1. The number of aromatic nitrogens is 1. The van der Waals surface area contributed by atoms with Crippen molar-refractivity contribution in [2.75, 3.05) is 5.32 Å². The second kappa shape index (κ2) is 7.66. The Morgan fingerprint density at radius 2 is 1.96 bits per heavy atom. The molecular formula is C18H16ClN3O2. The summed E-state index contributed by atoms with van der Waals surface area (Å²) in [4.78, 5) is 16.3. The maximum absolute atomic E-state index is 12.1. The molecule has 1 aromatic carbocycles. The molecule has 0 radical (unpaired) electrons. The third-order valence-corrected chi connectivity index (χ3v) is 3.66. The Bertz CT molecular complexity index is 801. The lowest BCUT2D eigenvalue weighted by atomic mass is 10.2. The molecule has 0 bridgehead atoms. The average molecular weight is 342 g/mol. The van der Waals surface area contributed by atoms with E-state index in [1.165, 1.54) is 0 Å². The van der Waals surface area contributed by atoms with E-state index in [0.29, 0.717) is 29.6 Å². The number of amides is 1. The van der Waals surface area contributed by atoms with Crippen molar-refractivity contribution < 1.29 is 9.21 Å². The minimum absolute atomic E-state index is 0.249. The molecule has 2 heterocycles. The minimum atomic E-state index is -0.249. The van der Waals surface area contributed by atoms with E-state index in [9.17, 15) is 4.79 Å². The van der Waals surface area contributed by atoms with Crippen molar-refractivity contribution in [2.24, 2.45) is 0 Å². The number of furan rings is 1. The van der Waals surface area contributed by atoms with Crippen LogP contribution in [0.2, 0.25) is 5.02 Å². The predicted molar refractivity (Wildman–Crippen MR) is 92.9 cm³/mol. The van der Waals surface area contributed by atoms with Crippen LogP contribution in [0.25, 0.3) is 0 Å². The fourth-order valence-electron chi connectivity index (χ4n) is 2.14. The zero-order valence-electron chi connectivity index (χ0n) is 12.8. The predicted octanol–water partition coefficient (Wildman–Crippen LogP) is 3.87. The van der Waals surface area contributed by atoms with Crippen molar-refractivity contribution in [3.05, 3.63) is 83.0 Å². The van der Waals surface area contributed by atoms with Crippen LogP contribution in [0, 0.1) is 0 Å². The highest BCUT2D eigenvalue weighted by Crippen LogP contribution is 2.13. The fourth-order valence-corrected chi connectivity index (χ4v) is 2.27. The summed E-state index contributed by atoms with van der Waals surface area (Å²) in [7, 11) is 0. The Balaban J connectivity index is 1.58. The summed E-state index contributed by atoms with van der Waals surface area (Å²) in [5, 5.41) is 6.74. The monoisotopic (exact) mass is 341 g/mol. The summed E-state index contributed by atoms with van der Waals surface area (Å²) >= 11 is 5.87. The number of benzene rings is 1. The highest BCUT2D eigenvalue weighted by Gasteiger charge is 2.08. The summed E-state index contributed by atoms with van der Waals surface area (Å²) in [6.45, 7) is 0.963. The molecule has 0 unspecified atom stereocenters. The number of carbonyl (C=O) groups excluding carboxylic acids is 1. The number of hydrogen-bond acceptors (Lipinski definition) is 4. The first-order chi connectivity index (χ1) is 11.7. The molecule has 1 amide bonds. The van der Waals surface area contributed by atoms with Gasteiger partial charge in [0.05, 0.1) is 12.8 Å². The van der Waals surface area contributed by atoms with Crippen LogP contribution < -0.4 is 10.6 Å². The van der Waals surface area contributed by atoms with E-state index < -0.39 is 0 Å². The van der Waals surface area contributed by atoms with Gasteiger partial charge in [-0.2, -0.15) is 0 Å². The van der Waals surface area contributed by atoms with E-state index >= 15 is 0 Å². The van der Waals surface area contributed by atoms with Gasteiger partial charge in [-0.3, -0.25) is 9.78 Å². The topological polar surface area (TPSA) is 67.2 Å². The van der Waals surface area contributed by atoms with Crippen molar-refractivity contribution in [1.29, 1.82) is 0 Å². The molecule has 0 aliphatic carbocycles. The molecule has 0 aliphatic rings. The molecule has 122 valence electrons. The number of carbonyl (C=O) groups is 1. The molecule has 0 aliphatic heterocycles. The van der Waals surface area contributed by atoms with Crippen LogP contribution in [-0.2, 0) is 13.1 Å². The van der Waals surface area contributed by atoms with E-state index in [1.54, 1.807) is 30.7 Å². The number of pyridine rings is 1. The molecule has 0 atom stereocenters. The standard InChI is InChI=1S/C18H16ClN3O2/c19-14-5-3-13(4-6-14)11-21-15-7-8-20-17(10-15)18(23)22-12-16-2-1-9-24-16/h1-10H,11-12H2,(H,20,21)(H,22,23). The van der Waals surface area contributed by atoms with Crippen LogP contribution >= 0.6 is 11.6 Å². The molecule has 6 heteroatoms. The first-order valence-corrected chi connectivity index (χ1v) is 7.83. The van der Waals surface area contributed by atoms with Crippen molar-refractivity contribution in [3.8, 4) is 0 Å². The van der Waals surface area contributed by atoms with Crippen LogP contribution in [0.3, 0.4) is 0 Å². The number of anilines is 1.